The van der Waals surface area contributed by atoms with Crippen molar-refractivity contribution in [3.05, 3.63) is 41.2 Å². The Morgan fingerprint density at radius 1 is 1.33 bits per heavy atom. The molecule has 0 unspecified atom stereocenters. The van der Waals surface area contributed by atoms with Gasteiger partial charge in [-0.25, -0.2) is 9.48 Å². The van der Waals surface area contributed by atoms with E-state index >= 15 is 0 Å². The van der Waals surface area contributed by atoms with Crippen LogP contribution in [0.1, 0.15) is 28.7 Å². The van der Waals surface area contributed by atoms with Crippen LogP contribution in [-0.2, 0) is 11.2 Å². The summed E-state index contributed by atoms with van der Waals surface area (Å²) in [6.45, 7) is 3.97. The molecule has 5 heteroatoms. The van der Waals surface area contributed by atoms with Crippen molar-refractivity contribution in [2.75, 3.05) is 7.11 Å². The molecule has 0 aliphatic carbocycles. The van der Waals surface area contributed by atoms with Crippen LogP contribution in [0.25, 0.3) is 5.69 Å². The second-order valence-corrected chi connectivity index (χ2v) is 3.98. The van der Waals surface area contributed by atoms with Gasteiger partial charge in [-0.05, 0) is 25.5 Å². The van der Waals surface area contributed by atoms with Gasteiger partial charge in [0.15, 0.2) is 5.69 Å². The van der Waals surface area contributed by atoms with Crippen molar-refractivity contribution in [2.24, 2.45) is 0 Å². The lowest BCUT2D eigenvalue weighted by Crippen LogP contribution is -2.07. The van der Waals surface area contributed by atoms with Gasteiger partial charge in [-0.2, -0.15) is 0 Å². The molecule has 0 saturated heterocycles. The molecule has 0 radical (unpaired) electrons. The van der Waals surface area contributed by atoms with Crippen LogP contribution in [0, 0.1) is 6.92 Å². The maximum atomic E-state index is 11.6. The summed E-state index contributed by atoms with van der Waals surface area (Å²) in [7, 11) is 1.34. The highest BCUT2D eigenvalue weighted by Crippen LogP contribution is 2.15. The normalized spacial score (nSPS) is 10.4. The molecule has 18 heavy (non-hydrogen) atoms. The van der Waals surface area contributed by atoms with E-state index < -0.39 is 5.97 Å². The molecule has 1 heterocycles. The summed E-state index contributed by atoms with van der Waals surface area (Å²) in [5.41, 5.74) is 3.09. The third-order valence-corrected chi connectivity index (χ3v) is 2.76. The smallest absolute Gasteiger partial charge is 0.360 e. The summed E-state index contributed by atoms with van der Waals surface area (Å²) in [6.07, 6.45) is 0.658. The highest BCUT2D eigenvalue weighted by molar-refractivity contribution is 5.88. The molecule has 0 aliphatic rings. The number of aryl methyl sites for hydroxylation is 1. The summed E-state index contributed by atoms with van der Waals surface area (Å²) < 4.78 is 6.36. The zero-order chi connectivity index (χ0) is 13.1. The lowest BCUT2D eigenvalue weighted by Gasteiger charge is -2.05. The standard InChI is InChI=1S/C13H15N3O2/c1-4-11-12(13(17)18-3)14-15-16(11)10-7-5-9(2)6-8-10/h5-8H,4H2,1-3H3. The van der Waals surface area contributed by atoms with Crippen LogP contribution >= 0.6 is 0 Å². The quantitative estimate of drug-likeness (QED) is 0.775. The molecule has 0 saturated carbocycles. The highest BCUT2D eigenvalue weighted by Gasteiger charge is 2.19. The Bertz CT molecular complexity index is 558. The van der Waals surface area contributed by atoms with E-state index in [0.717, 1.165) is 11.4 Å². The molecule has 0 bridgehead atoms. The van der Waals surface area contributed by atoms with Crippen molar-refractivity contribution in [1.82, 2.24) is 15.0 Å². The lowest BCUT2D eigenvalue weighted by molar-refractivity contribution is 0.0592. The number of hydrogen-bond donors (Lipinski definition) is 0. The van der Waals surface area contributed by atoms with E-state index in [-0.39, 0.29) is 5.69 Å². The van der Waals surface area contributed by atoms with Gasteiger partial charge in [-0.15, -0.1) is 5.10 Å². The van der Waals surface area contributed by atoms with E-state index in [0.29, 0.717) is 6.42 Å². The monoisotopic (exact) mass is 245 g/mol. The summed E-state index contributed by atoms with van der Waals surface area (Å²) >= 11 is 0. The molecule has 0 aliphatic heterocycles. The minimum atomic E-state index is -0.454. The van der Waals surface area contributed by atoms with Gasteiger partial charge in [0, 0.05) is 0 Å². The zero-order valence-corrected chi connectivity index (χ0v) is 10.7. The van der Waals surface area contributed by atoms with Crippen molar-refractivity contribution in [3.8, 4) is 5.69 Å². The number of carbonyl (C=O) groups is 1. The first kappa shape index (κ1) is 12.3. The molecule has 2 rings (SSSR count). The topological polar surface area (TPSA) is 57.0 Å². The van der Waals surface area contributed by atoms with Crippen LogP contribution in [0.4, 0.5) is 0 Å². The highest BCUT2D eigenvalue weighted by atomic mass is 16.5. The first-order valence-corrected chi connectivity index (χ1v) is 5.77. The number of aromatic nitrogens is 3. The van der Waals surface area contributed by atoms with Crippen LogP contribution in [0.15, 0.2) is 24.3 Å². The first-order chi connectivity index (χ1) is 8.67. The largest absolute Gasteiger partial charge is 0.464 e. The first-order valence-electron chi connectivity index (χ1n) is 5.77. The van der Waals surface area contributed by atoms with Gasteiger partial charge >= 0.3 is 5.97 Å². The van der Waals surface area contributed by atoms with E-state index in [1.165, 1.54) is 12.7 Å². The van der Waals surface area contributed by atoms with E-state index in [1.54, 1.807) is 4.68 Å². The molecular weight excluding hydrogens is 230 g/mol. The fourth-order valence-corrected chi connectivity index (χ4v) is 1.77. The van der Waals surface area contributed by atoms with Crippen LogP contribution in [0.3, 0.4) is 0 Å². The number of benzene rings is 1. The Hall–Kier alpha value is -2.17. The van der Waals surface area contributed by atoms with Gasteiger partial charge < -0.3 is 4.74 Å². The molecule has 94 valence electrons. The van der Waals surface area contributed by atoms with Crippen LogP contribution in [-0.4, -0.2) is 28.1 Å². The number of rotatable bonds is 3. The van der Waals surface area contributed by atoms with Crippen molar-refractivity contribution in [2.45, 2.75) is 20.3 Å². The molecule has 1 aromatic heterocycles. The number of carbonyl (C=O) groups excluding carboxylic acids is 1. The lowest BCUT2D eigenvalue weighted by atomic mass is 10.2. The van der Waals surface area contributed by atoms with Gasteiger partial charge in [-0.1, -0.05) is 29.8 Å². The molecule has 0 atom stereocenters. The maximum absolute atomic E-state index is 11.6. The average molecular weight is 245 g/mol. The molecule has 0 N–H and O–H groups in total. The minimum absolute atomic E-state index is 0.278. The third-order valence-electron chi connectivity index (χ3n) is 2.76. The zero-order valence-electron chi connectivity index (χ0n) is 10.7. The van der Waals surface area contributed by atoms with Crippen LogP contribution in [0.2, 0.25) is 0 Å². The number of methoxy groups -OCH3 is 1. The minimum Gasteiger partial charge on any atom is -0.464 e. The Morgan fingerprint density at radius 3 is 2.56 bits per heavy atom. The van der Waals surface area contributed by atoms with E-state index in [4.69, 9.17) is 4.74 Å². The average Bonchev–Trinajstić information content (AvgIpc) is 2.82. The fourth-order valence-electron chi connectivity index (χ4n) is 1.77. The Labute approximate surface area is 105 Å². The van der Waals surface area contributed by atoms with Crippen molar-refractivity contribution in [3.63, 3.8) is 0 Å². The summed E-state index contributed by atoms with van der Waals surface area (Å²) in [5, 5.41) is 7.92. The van der Waals surface area contributed by atoms with E-state index in [1.807, 2.05) is 38.1 Å². The van der Waals surface area contributed by atoms with Crippen molar-refractivity contribution in [1.29, 1.82) is 0 Å². The molecule has 1 aromatic carbocycles. The van der Waals surface area contributed by atoms with Crippen molar-refractivity contribution >= 4 is 5.97 Å². The van der Waals surface area contributed by atoms with Crippen molar-refractivity contribution < 1.29 is 9.53 Å². The maximum Gasteiger partial charge on any atom is 0.360 e. The molecule has 0 amide bonds. The van der Waals surface area contributed by atoms with Crippen LogP contribution < -0.4 is 0 Å². The SMILES string of the molecule is CCc1c(C(=O)OC)nnn1-c1ccc(C)cc1. The van der Waals surface area contributed by atoms with Gasteiger partial charge in [0.25, 0.3) is 0 Å². The second-order valence-electron chi connectivity index (χ2n) is 3.98. The number of hydrogen-bond acceptors (Lipinski definition) is 4. The number of esters is 1. The Kier molecular flexibility index (Phi) is 3.41. The van der Waals surface area contributed by atoms with E-state index in [2.05, 4.69) is 10.3 Å². The third kappa shape index (κ3) is 2.11. The van der Waals surface area contributed by atoms with E-state index in [9.17, 15) is 4.79 Å². The number of nitrogens with zero attached hydrogens (tertiary/aromatic N) is 3. The van der Waals surface area contributed by atoms with Gasteiger partial charge in [0.1, 0.15) is 0 Å². The van der Waals surface area contributed by atoms with Gasteiger partial charge in [0.05, 0.1) is 18.5 Å². The molecular formula is C13H15N3O2. The Balaban J connectivity index is 2.48. The molecule has 0 fully saturated rings. The fraction of sp³-hybridized carbons (Fsp3) is 0.308. The predicted octanol–water partition coefficient (Wildman–Crippen LogP) is 1.92. The Morgan fingerprint density at radius 2 is 2.00 bits per heavy atom. The second kappa shape index (κ2) is 5.00. The summed E-state index contributed by atoms with van der Waals surface area (Å²) in [4.78, 5) is 11.6. The molecule has 5 nitrogen and oxygen atoms in total. The summed E-state index contributed by atoms with van der Waals surface area (Å²) in [5.74, 6) is -0.454. The molecule has 2 aromatic rings. The van der Waals surface area contributed by atoms with Gasteiger partial charge in [0.2, 0.25) is 0 Å². The summed E-state index contributed by atoms with van der Waals surface area (Å²) in [6, 6.07) is 7.89. The van der Waals surface area contributed by atoms with Crippen LogP contribution in [0.5, 0.6) is 0 Å². The van der Waals surface area contributed by atoms with Gasteiger partial charge in [-0.3, -0.25) is 0 Å². The number of ether oxygens (including phenoxy) is 1. The predicted molar refractivity (Wildman–Crippen MR) is 66.8 cm³/mol. The molecule has 0 spiro atoms.